The maximum Gasteiger partial charge on any atom is 0.125 e. The van der Waals surface area contributed by atoms with Crippen LogP contribution in [0.4, 0.5) is 0 Å². The molecule has 1 aliphatic rings. The normalized spacial score (nSPS) is 15.2. The van der Waals surface area contributed by atoms with Crippen LogP contribution in [0.1, 0.15) is 34.5 Å². The molecular formula is C13H14INOS. The van der Waals surface area contributed by atoms with Gasteiger partial charge in [-0.3, -0.25) is 0 Å². The molecule has 17 heavy (non-hydrogen) atoms. The highest BCUT2D eigenvalue weighted by Gasteiger charge is 2.21. The zero-order valence-electron chi connectivity index (χ0n) is 9.72. The number of aromatic nitrogens is 1. The van der Waals surface area contributed by atoms with Crippen LogP contribution in [0.2, 0.25) is 0 Å². The number of halogens is 1. The van der Waals surface area contributed by atoms with Gasteiger partial charge < -0.3 is 5.11 Å². The minimum Gasteiger partial charge on any atom is -0.392 e. The highest BCUT2D eigenvalue weighted by atomic mass is 127. The van der Waals surface area contributed by atoms with E-state index < -0.39 is 0 Å². The SMILES string of the molecule is Cc1nc2sc3c(c2c(I)c1CO)CCCC3. The summed E-state index contributed by atoms with van der Waals surface area (Å²) in [5.41, 5.74) is 3.48. The minimum absolute atomic E-state index is 0.0949. The lowest BCUT2D eigenvalue weighted by Crippen LogP contribution is -2.01. The lowest BCUT2D eigenvalue weighted by atomic mass is 9.96. The number of fused-ring (bicyclic) bond motifs is 3. The summed E-state index contributed by atoms with van der Waals surface area (Å²) in [6, 6.07) is 0. The molecule has 0 radical (unpaired) electrons. The summed E-state index contributed by atoms with van der Waals surface area (Å²) in [5.74, 6) is 0. The fraction of sp³-hybridized carbons (Fsp3) is 0.462. The first-order valence-electron chi connectivity index (χ1n) is 5.92. The van der Waals surface area contributed by atoms with Gasteiger partial charge in [0.05, 0.1) is 6.61 Å². The van der Waals surface area contributed by atoms with Crippen LogP contribution in [0, 0.1) is 10.5 Å². The zero-order valence-corrected chi connectivity index (χ0v) is 12.7. The second kappa shape index (κ2) is 4.48. The second-order valence-electron chi connectivity index (χ2n) is 4.54. The van der Waals surface area contributed by atoms with Crippen molar-refractivity contribution in [3.05, 3.63) is 25.3 Å². The van der Waals surface area contributed by atoms with Crippen molar-refractivity contribution >= 4 is 44.1 Å². The quantitative estimate of drug-likeness (QED) is 0.790. The minimum atomic E-state index is 0.0949. The lowest BCUT2D eigenvalue weighted by Gasteiger charge is -2.12. The summed E-state index contributed by atoms with van der Waals surface area (Å²) in [6.45, 7) is 2.09. The number of hydrogen-bond acceptors (Lipinski definition) is 3. The first-order valence-corrected chi connectivity index (χ1v) is 7.82. The van der Waals surface area contributed by atoms with Gasteiger partial charge in [0.15, 0.2) is 0 Å². The molecule has 0 atom stereocenters. The molecule has 90 valence electrons. The highest BCUT2D eigenvalue weighted by molar-refractivity contribution is 14.1. The van der Waals surface area contributed by atoms with Crippen molar-refractivity contribution in [3.8, 4) is 0 Å². The second-order valence-corrected chi connectivity index (χ2v) is 6.70. The van der Waals surface area contributed by atoms with Gasteiger partial charge in [0.1, 0.15) is 4.83 Å². The molecule has 2 aromatic heterocycles. The first kappa shape index (κ1) is 11.9. The first-order chi connectivity index (χ1) is 8.22. The van der Waals surface area contributed by atoms with E-state index in [1.807, 2.05) is 18.3 Å². The van der Waals surface area contributed by atoms with Crippen LogP contribution in [-0.2, 0) is 19.4 Å². The summed E-state index contributed by atoms with van der Waals surface area (Å²) < 4.78 is 1.21. The topological polar surface area (TPSA) is 33.1 Å². The third kappa shape index (κ3) is 1.81. The summed E-state index contributed by atoms with van der Waals surface area (Å²) in [4.78, 5) is 7.35. The Kier molecular flexibility index (Phi) is 3.13. The Bertz CT molecular complexity index is 591. The van der Waals surface area contributed by atoms with Gasteiger partial charge in [-0.25, -0.2) is 4.98 Å². The molecule has 2 nitrogen and oxygen atoms in total. The Hall–Kier alpha value is -0.200. The molecule has 0 amide bonds. The zero-order chi connectivity index (χ0) is 12.0. The van der Waals surface area contributed by atoms with Crippen molar-refractivity contribution in [1.82, 2.24) is 4.98 Å². The molecule has 0 spiro atoms. The molecule has 1 aliphatic carbocycles. The van der Waals surface area contributed by atoms with Crippen LogP contribution < -0.4 is 0 Å². The van der Waals surface area contributed by atoms with Crippen LogP contribution in [0.25, 0.3) is 10.2 Å². The predicted octanol–water partition coefficient (Wildman–Crippen LogP) is 3.58. The average Bonchev–Trinajstić information content (AvgIpc) is 2.67. The van der Waals surface area contributed by atoms with Gasteiger partial charge in [-0.2, -0.15) is 0 Å². The molecule has 0 unspecified atom stereocenters. The number of hydrogen-bond donors (Lipinski definition) is 1. The smallest absolute Gasteiger partial charge is 0.125 e. The van der Waals surface area contributed by atoms with E-state index in [-0.39, 0.29) is 6.61 Å². The van der Waals surface area contributed by atoms with E-state index in [1.54, 1.807) is 0 Å². The van der Waals surface area contributed by atoms with Crippen LogP contribution >= 0.6 is 33.9 Å². The number of aryl methyl sites for hydroxylation is 3. The third-order valence-corrected chi connectivity index (χ3v) is 5.88. The van der Waals surface area contributed by atoms with E-state index in [0.717, 1.165) is 16.1 Å². The molecule has 4 heteroatoms. The van der Waals surface area contributed by atoms with Crippen LogP contribution in [0.3, 0.4) is 0 Å². The van der Waals surface area contributed by atoms with Gasteiger partial charge in [0, 0.05) is 25.1 Å². The predicted molar refractivity (Wildman–Crippen MR) is 79.6 cm³/mol. The molecule has 2 aromatic rings. The van der Waals surface area contributed by atoms with E-state index in [9.17, 15) is 5.11 Å². The standard InChI is InChI=1S/C13H14INOS/c1-7-9(6-16)12(14)11-8-4-2-3-5-10(8)17-13(11)15-7/h16H,2-6H2,1H3. The Labute approximate surface area is 118 Å². The third-order valence-electron chi connectivity index (χ3n) is 3.50. The molecule has 0 saturated heterocycles. The van der Waals surface area contributed by atoms with Gasteiger partial charge in [-0.15, -0.1) is 11.3 Å². The Morgan fingerprint density at radius 2 is 2.12 bits per heavy atom. The van der Waals surface area contributed by atoms with E-state index >= 15 is 0 Å². The van der Waals surface area contributed by atoms with Gasteiger partial charge >= 0.3 is 0 Å². The van der Waals surface area contributed by atoms with Crippen molar-refractivity contribution in [1.29, 1.82) is 0 Å². The van der Waals surface area contributed by atoms with Gasteiger partial charge in [-0.05, 0) is 60.8 Å². The van der Waals surface area contributed by atoms with E-state index in [2.05, 4.69) is 27.6 Å². The average molecular weight is 359 g/mol. The van der Waals surface area contributed by atoms with Gasteiger partial charge in [0.2, 0.25) is 0 Å². The molecule has 0 saturated carbocycles. The maximum absolute atomic E-state index is 9.46. The summed E-state index contributed by atoms with van der Waals surface area (Å²) in [6.07, 6.45) is 4.99. The maximum atomic E-state index is 9.46. The van der Waals surface area contributed by atoms with E-state index in [1.165, 1.54) is 45.1 Å². The Morgan fingerprint density at radius 3 is 2.88 bits per heavy atom. The molecule has 0 fully saturated rings. The molecule has 1 N–H and O–H groups in total. The lowest BCUT2D eigenvalue weighted by molar-refractivity contribution is 0.280. The summed E-state index contributed by atoms with van der Waals surface area (Å²) in [7, 11) is 0. The van der Waals surface area contributed by atoms with E-state index in [4.69, 9.17) is 0 Å². The Balaban J connectivity index is 2.36. The Morgan fingerprint density at radius 1 is 1.35 bits per heavy atom. The highest BCUT2D eigenvalue weighted by Crippen LogP contribution is 2.39. The number of rotatable bonds is 1. The molecular weight excluding hydrogens is 345 g/mol. The number of thiophene rings is 1. The molecule has 0 aromatic carbocycles. The number of pyridine rings is 1. The monoisotopic (exact) mass is 359 g/mol. The van der Waals surface area contributed by atoms with Crippen molar-refractivity contribution in [2.24, 2.45) is 0 Å². The fourth-order valence-corrected chi connectivity index (χ4v) is 5.21. The van der Waals surface area contributed by atoms with Crippen LogP contribution in [0.15, 0.2) is 0 Å². The van der Waals surface area contributed by atoms with Crippen LogP contribution in [0.5, 0.6) is 0 Å². The molecule has 3 rings (SSSR count). The van der Waals surface area contributed by atoms with E-state index in [0.29, 0.717) is 0 Å². The number of aliphatic hydroxyl groups excluding tert-OH is 1. The number of aliphatic hydroxyl groups is 1. The van der Waals surface area contributed by atoms with Gasteiger partial charge in [-0.1, -0.05) is 0 Å². The molecule has 0 bridgehead atoms. The van der Waals surface area contributed by atoms with Crippen molar-refractivity contribution in [2.45, 2.75) is 39.2 Å². The summed E-state index contributed by atoms with van der Waals surface area (Å²) >= 11 is 4.22. The fourth-order valence-electron chi connectivity index (χ4n) is 2.57. The summed E-state index contributed by atoms with van der Waals surface area (Å²) in [5, 5.41) is 10.8. The molecule has 0 aliphatic heterocycles. The van der Waals surface area contributed by atoms with Crippen molar-refractivity contribution in [3.63, 3.8) is 0 Å². The van der Waals surface area contributed by atoms with Gasteiger partial charge in [0.25, 0.3) is 0 Å². The number of nitrogens with zero attached hydrogens (tertiary/aromatic N) is 1. The molecule has 2 heterocycles. The largest absolute Gasteiger partial charge is 0.392 e. The van der Waals surface area contributed by atoms with Crippen molar-refractivity contribution in [2.75, 3.05) is 0 Å². The van der Waals surface area contributed by atoms with Crippen LogP contribution in [-0.4, -0.2) is 10.1 Å². The van der Waals surface area contributed by atoms with Crippen molar-refractivity contribution < 1.29 is 5.11 Å².